The lowest BCUT2D eigenvalue weighted by molar-refractivity contribution is -0.303. The minimum absolute atomic E-state index is 0.0274. The molecule has 3 aliphatic rings. The van der Waals surface area contributed by atoms with Crippen LogP contribution in [0.5, 0.6) is 0 Å². The Labute approximate surface area is 102 Å². The molecule has 2 saturated heterocycles. The minimum atomic E-state index is -0.360. The highest BCUT2D eigenvalue weighted by Gasteiger charge is 2.64. The summed E-state index contributed by atoms with van der Waals surface area (Å²) in [6.07, 6.45) is 2.75. The van der Waals surface area contributed by atoms with Crippen LogP contribution in [0.2, 0.25) is 0 Å². The summed E-state index contributed by atoms with van der Waals surface area (Å²) in [6.45, 7) is 4.37. The highest BCUT2D eigenvalue weighted by molar-refractivity contribution is 5.10. The fourth-order valence-corrected chi connectivity index (χ4v) is 4.25. The molecular weight excluding hydrogens is 220 g/mol. The van der Waals surface area contributed by atoms with Crippen LogP contribution in [0, 0.1) is 11.8 Å². The standard InChI is InChI=1S/C13H22O4/c1-12-5-4-8-9(6-12)13(2,17-12)11(15-3)16-10(8)7-14/h8-11,14H,4-7H2,1-3H3/t8-,9+,10+,11?,12+,13-/m0/s1. The van der Waals surface area contributed by atoms with Crippen LogP contribution < -0.4 is 0 Å². The predicted octanol–water partition coefficient (Wildman–Crippen LogP) is 1.31. The van der Waals surface area contributed by atoms with Gasteiger partial charge in [-0.1, -0.05) is 0 Å². The molecule has 0 spiro atoms. The van der Waals surface area contributed by atoms with Crippen molar-refractivity contribution in [2.24, 2.45) is 11.8 Å². The second-order valence-electron chi connectivity index (χ2n) is 6.17. The molecular formula is C13H22O4. The van der Waals surface area contributed by atoms with Crippen molar-refractivity contribution in [3.63, 3.8) is 0 Å². The Bertz CT molecular complexity index is 321. The lowest BCUT2D eigenvalue weighted by Crippen LogP contribution is -2.58. The van der Waals surface area contributed by atoms with Gasteiger partial charge in [0.05, 0.1) is 18.3 Å². The SMILES string of the molecule is COC1O[C@H](CO)[C@H]2CC[C@]3(C)C[C@H]2[C@]1(C)O3. The van der Waals surface area contributed by atoms with Gasteiger partial charge in [0.2, 0.25) is 0 Å². The summed E-state index contributed by atoms with van der Waals surface area (Å²) in [4.78, 5) is 0. The zero-order chi connectivity index (χ0) is 12.3. The number of aliphatic hydroxyl groups excluding tert-OH is 1. The minimum Gasteiger partial charge on any atom is -0.394 e. The van der Waals surface area contributed by atoms with Crippen molar-refractivity contribution in [3.8, 4) is 0 Å². The molecule has 0 amide bonds. The Morgan fingerprint density at radius 3 is 2.82 bits per heavy atom. The Kier molecular flexibility index (Phi) is 2.57. The molecule has 4 heteroatoms. The third-order valence-corrected chi connectivity index (χ3v) is 5.02. The molecule has 0 aromatic carbocycles. The van der Waals surface area contributed by atoms with Gasteiger partial charge in [0, 0.05) is 13.0 Å². The van der Waals surface area contributed by atoms with Crippen LogP contribution in [0.25, 0.3) is 0 Å². The van der Waals surface area contributed by atoms with E-state index >= 15 is 0 Å². The number of ether oxygens (including phenoxy) is 3. The molecule has 0 aromatic rings. The van der Waals surface area contributed by atoms with Crippen LogP contribution in [-0.2, 0) is 14.2 Å². The van der Waals surface area contributed by atoms with Crippen molar-refractivity contribution in [2.75, 3.05) is 13.7 Å². The second-order valence-corrected chi connectivity index (χ2v) is 6.17. The van der Waals surface area contributed by atoms with Gasteiger partial charge in [0.1, 0.15) is 5.60 Å². The highest BCUT2D eigenvalue weighted by atomic mass is 16.7. The number of methoxy groups -OCH3 is 1. The van der Waals surface area contributed by atoms with Gasteiger partial charge in [-0.2, -0.15) is 0 Å². The molecule has 0 radical (unpaired) electrons. The van der Waals surface area contributed by atoms with E-state index in [1.807, 2.05) is 0 Å². The summed E-state index contributed by atoms with van der Waals surface area (Å²) in [7, 11) is 1.65. The first-order chi connectivity index (χ1) is 8.02. The number of fused-ring (bicyclic) bond motifs is 1. The molecule has 17 heavy (non-hydrogen) atoms. The van der Waals surface area contributed by atoms with Crippen molar-refractivity contribution in [1.29, 1.82) is 0 Å². The summed E-state index contributed by atoms with van der Waals surface area (Å²) in [5, 5.41) is 9.47. The van der Waals surface area contributed by atoms with Gasteiger partial charge in [0.25, 0.3) is 0 Å². The third kappa shape index (κ3) is 1.51. The Hall–Kier alpha value is -0.160. The molecule has 0 aromatic heterocycles. The van der Waals surface area contributed by atoms with E-state index in [-0.39, 0.29) is 30.2 Å². The maximum atomic E-state index is 9.47. The van der Waals surface area contributed by atoms with E-state index in [2.05, 4.69) is 13.8 Å². The van der Waals surface area contributed by atoms with E-state index in [0.717, 1.165) is 19.3 Å². The van der Waals surface area contributed by atoms with Gasteiger partial charge in [0.15, 0.2) is 6.29 Å². The molecule has 2 heterocycles. The van der Waals surface area contributed by atoms with Crippen molar-refractivity contribution in [2.45, 2.75) is 56.7 Å². The van der Waals surface area contributed by atoms with Crippen molar-refractivity contribution >= 4 is 0 Å². The molecule has 1 saturated carbocycles. The van der Waals surface area contributed by atoms with Crippen LogP contribution in [0.3, 0.4) is 0 Å². The van der Waals surface area contributed by atoms with Crippen molar-refractivity contribution in [1.82, 2.24) is 0 Å². The zero-order valence-electron chi connectivity index (χ0n) is 10.8. The molecule has 4 nitrogen and oxygen atoms in total. The Balaban J connectivity index is 1.97. The number of rotatable bonds is 2. The van der Waals surface area contributed by atoms with Crippen LogP contribution >= 0.6 is 0 Å². The molecule has 3 fully saturated rings. The topological polar surface area (TPSA) is 47.9 Å². The summed E-state index contributed by atoms with van der Waals surface area (Å²) < 4.78 is 17.6. The lowest BCUT2D eigenvalue weighted by Gasteiger charge is -2.48. The van der Waals surface area contributed by atoms with E-state index in [1.165, 1.54) is 0 Å². The summed E-state index contributed by atoms with van der Waals surface area (Å²) in [6, 6.07) is 0. The van der Waals surface area contributed by atoms with E-state index in [1.54, 1.807) is 7.11 Å². The molecule has 6 atom stereocenters. The third-order valence-electron chi connectivity index (χ3n) is 5.02. The van der Waals surface area contributed by atoms with Crippen LogP contribution in [0.15, 0.2) is 0 Å². The fourth-order valence-electron chi connectivity index (χ4n) is 4.25. The summed E-state index contributed by atoms with van der Waals surface area (Å²) in [5.74, 6) is 0.851. The van der Waals surface area contributed by atoms with Crippen LogP contribution in [-0.4, -0.2) is 42.4 Å². The second kappa shape index (κ2) is 3.67. The first-order valence-corrected chi connectivity index (χ1v) is 6.52. The number of aliphatic hydroxyl groups is 1. The number of hydrogen-bond acceptors (Lipinski definition) is 4. The highest BCUT2D eigenvalue weighted by Crippen LogP contribution is 2.58. The van der Waals surface area contributed by atoms with E-state index < -0.39 is 0 Å². The largest absolute Gasteiger partial charge is 0.394 e. The number of hydrogen-bond donors (Lipinski definition) is 1. The lowest BCUT2D eigenvalue weighted by atomic mass is 9.66. The Morgan fingerprint density at radius 2 is 2.18 bits per heavy atom. The zero-order valence-corrected chi connectivity index (χ0v) is 10.8. The maximum absolute atomic E-state index is 9.47. The maximum Gasteiger partial charge on any atom is 0.186 e. The van der Waals surface area contributed by atoms with Gasteiger partial charge in [-0.05, 0) is 39.0 Å². The molecule has 2 bridgehead atoms. The Morgan fingerprint density at radius 1 is 1.41 bits per heavy atom. The molecule has 3 rings (SSSR count). The molecule has 1 unspecified atom stereocenters. The average Bonchev–Trinajstić information content (AvgIpc) is 2.54. The predicted molar refractivity (Wildman–Crippen MR) is 61.5 cm³/mol. The van der Waals surface area contributed by atoms with E-state index in [4.69, 9.17) is 14.2 Å². The molecule has 98 valence electrons. The first-order valence-electron chi connectivity index (χ1n) is 6.52. The van der Waals surface area contributed by atoms with E-state index in [9.17, 15) is 5.11 Å². The monoisotopic (exact) mass is 242 g/mol. The van der Waals surface area contributed by atoms with Gasteiger partial charge in [-0.15, -0.1) is 0 Å². The fraction of sp³-hybridized carbons (Fsp3) is 1.00. The quantitative estimate of drug-likeness (QED) is 0.793. The van der Waals surface area contributed by atoms with Gasteiger partial charge in [-0.3, -0.25) is 0 Å². The van der Waals surface area contributed by atoms with E-state index in [0.29, 0.717) is 11.8 Å². The van der Waals surface area contributed by atoms with Crippen molar-refractivity contribution in [3.05, 3.63) is 0 Å². The normalized spacial score (nSPS) is 57.2. The average molecular weight is 242 g/mol. The van der Waals surface area contributed by atoms with Gasteiger partial charge < -0.3 is 19.3 Å². The smallest absolute Gasteiger partial charge is 0.186 e. The molecule has 1 aliphatic carbocycles. The van der Waals surface area contributed by atoms with Gasteiger partial charge >= 0.3 is 0 Å². The van der Waals surface area contributed by atoms with Crippen molar-refractivity contribution < 1.29 is 19.3 Å². The summed E-state index contributed by atoms with van der Waals surface area (Å²) >= 11 is 0. The van der Waals surface area contributed by atoms with Gasteiger partial charge in [-0.25, -0.2) is 0 Å². The summed E-state index contributed by atoms with van der Waals surface area (Å²) in [5.41, 5.74) is -0.378. The first kappa shape index (κ1) is 11.9. The molecule has 1 N–H and O–H groups in total. The molecule has 2 aliphatic heterocycles. The van der Waals surface area contributed by atoms with Crippen LogP contribution in [0.1, 0.15) is 33.1 Å². The van der Waals surface area contributed by atoms with Crippen LogP contribution in [0.4, 0.5) is 0 Å².